The van der Waals surface area contributed by atoms with E-state index >= 15 is 0 Å². The summed E-state index contributed by atoms with van der Waals surface area (Å²) >= 11 is 0. The molecule has 1 aliphatic heterocycles. The van der Waals surface area contributed by atoms with E-state index in [9.17, 15) is 0 Å². The number of aromatic amines is 1. The minimum atomic E-state index is 0.0398. The Hall–Kier alpha value is -2.66. The molecule has 1 aliphatic rings. The maximum absolute atomic E-state index is 5.96. The smallest absolute Gasteiger partial charge is 0.161 e. The lowest BCUT2D eigenvalue weighted by atomic mass is 10.1. The Labute approximate surface area is 146 Å². The standard InChI is InChI=1S/C20H22N2O3/c1-23-15-6-7-18-17(10-15)14(11-22-18)8-9-21-12-16-13-24-19-4-2-3-5-20(19)25-16/h2-7,10-11,16,21-22H,8-9,12-13H2,1H3. The molecule has 25 heavy (non-hydrogen) atoms. The molecule has 1 unspecified atom stereocenters. The Morgan fingerprint density at radius 1 is 1.20 bits per heavy atom. The Morgan fingerprint density at radius 2 is 2.08 bits per heavy atom. The third-order valence-corrected chi connectivity index (χ3v) is 4.49. The summed E-state index contributed by atoms with van der Waals surface area (Å²) in [4.78, 5) is 3.31. The summed E-state index contributed by atoms with van der Waals surface area (Å²) in [6.45, 7) is 2.22. The van der Waals surface area contributed by atoms with E-state index in [4.69, 9.17) is 14.2 Å². The largest absolute Gasteiger partial charge is 0.497 e. The van der Waals surface area contributed by atoms with Crippen LogP contribution in [0.1, 0.15) is 5.56 Å². The van der Waals surface area contributed by atoms with E-state index in [2.05, 4.69) is 28.6 Å². The van der Waals surface area contributed by atoms with Gasteiger partial charge in [0.2, 0.25) is 0 Å². The molecule has 0 bridgehead atoms. The van der Waals surface area contributed by atoms with Gasteiger partial charge in [0.05, 0.1) is 7.11 Å². The van der Waals surface area contributed by atoms with E-state index in [1.54, 1.807) is 7.11 Å². The van der Waals surface area contributed by atoms with Gasteiger partial charge in [-0.2, -0.15) is 0 Å². The fourth-order valence-corrected chi connectivity index (χ4v) is 3.14. The topological polar surface area (TPSA) is 55.5 Å². The SMILES string of the molecule is COc1ccc2[nH]cc(CCNCC3COc4ccccc4O3)c2c1. The molecule has 1 atom stereocenters. The second kappa shape index (κ2) is 7.07. The van der Waals surface area contributed by atoms with Crippen LogP contribution in [0, 0.1) is 0 Å². The van der Waals surface area contributed by atoms with Gasteiger partial charge >= 0.3 is 0 Å². The van der Waals surface area contributed by atoms with Gasteiger partial charge in [0.1, 0.15) is 18.5 Å². The highest BCUT2D eigenvalue weighted by molar-refractivity contribution is 5.84. The summed E-state index contributed by atoms with van der Waals surface area (Å²) in [6.07, 6.45) is 3.05. The zero-order valence-corrected chi connectivity index (χ0v) is 14.2. The number of hydrogen-bond acceptors (Lipinski definition) is 4. The molecule has 0 aliphatic carbocycles. The van der Waals surface area contributed by atoms with Gasteiger partial charge in [-0.05, 0) is 48.9 Å². The van der Waals surface area contributed by atoms with Gasteiger partial charge in [0.25, 0.3) is 0 Å². The number of methoxy groups -OCH3 is 1. The number of nitrogens with one attached hydrogen (secondary N) is 2. The van der Waals surface area contributed by atoms with E-state index in [1.807, 2.05) is 30.3 Å². The summed E-state index contributed by atoms with van der Waals surface area (Å²) in [5.74, 6) is 2.53. The highest BCUT2D eigenvalue weighted by atomic mass is 16.6. The quantitative estimate of drug-likeness (QED) is 0.678. The second-order valence-corrected chi connectivity index (χ2v) is 6.18. The Bertz CT molecular complexity index is 859. The van der Waals surface area contributed by atoms with Gasteiger partial charge < -0.3 is 24.5 Å². The minimum absolute atomic E-state index is 0.0398. The molecule has 2 N–H and O–H groups in total. The number of hydrogen-bond donors (Lipinski definition) is 2. The van der Waals surface area contributed by atoms with Crippen LogP contribution < -0.4 is 19.5 Å². The fourth-order valence-electron chi connectivity index (χ4n) is 3.14. The monoisotopic (exact) mass is 338 g/mol. The lowest BCUT2D eigenvalue weighted by Gasteiger charge is -2.26. The van der Waals surface area contributed by atoms with Crippen molar-refractivity contribution in [1.29, 1.82) is 0 Å². The van der Waals surface area contributed by atoms with Crippen LogP contribution in [0.4, 0.5) is 0 Å². The Kier molecular flexibility index (Phi) is 4.48. The van der Waals surface area contributed by atoms with E-state index in [-0.39, 0.29) is 6.10 Å². The first kappa shape index (κ1) is 15.8. The van der Waals surface area contributed by atoms with Crippen LogP contribution in [0.15, 0.2) is 48.7 Å². The van der Waals surface area contributed by atoms with Crippen molar-refractivity contribution in [2.75, 3.05) is 26.8 Å². The normalized spacial score (nSPS) is 16.1. The van der Waals surface area contributed by atoms with Gasteiger partial charge in [0.15, 0.2) is 11.5 Å². The van der Waals surface area contributed by atoms with Crippen LogP contribution in [0.3, 0.4) is 0 Å². The molecule has 1 aromatic heterocycles. The number of aromatic nitrogens is 1. The summed E-state index contributed by atoms with van der Waals surface area (Å²) < 4.78 is 17.0. The molecule has 2 heterocycles. The van der Waals surface area contributed by atoms with Crippen molar-refractivity contribution < 1.29 is 14.2 Å². The number of para-hydroxylation sites is 2. The molecule has 4 rings (SSSR count). The average Bonchev–Trinajstić information content (AvgIpc) is 3.07. The van der Waals surface area contributed by atoms with Crippen molar-refractivity contribution >= 4 is 10.9 Å². The van der Waals surface area contributed by atoms with E-state index in [1.165, 1.54) is 10.9 Å². The molecule has 3 aromatic rings. The van der Waals surface area contributed by atoms with Crippen LogP contribution in [-0.2, 0) is 6.42 Å². The van der Waals surface area contributed by atoms with Crippen LogP contribution in [0.2, 0.25) is 0 Å². The lowest BCUT2D eigenvalue weighted by Crippen LogP contribution is -2.39. The number of fused-ring (bicyclic) bond motifs is 2. The van der Waals surface area contributed by atoms with Crippen molar-refractivity contribution in [2.45, 2.75) is 12.5 Å². The van der Waals surface area contributed by atoms with E-state index < -0.39 is 0 Å². The zero-order chi connectivity index (χ0) is 17.1. The molecule has 0 spiro atoms. The van der Waals surface area contributed by atoms with Crippen molar-refractivity contribution in [1.82, 2.24) is 10.3 Å². The molecule has 5 heteroatoms. The third-order valence-electron chi connectivity index (χ3n) is 4.49. The molecule has 5 nitrogen and oxygen atoms in total. The lowest BCUT2D eigenvalue weighted by molar-refractivity contribution is 0.0906. The zero-order valence-electron chi connectivity index (χ0n) is 14.2. The van der Waals surface area contributed by atoms with Crippen molar-refractivity contribution in [3.63, 3.8) is 0 Å². The van der Waals surface area contributed by atoms with E-state index in [0.29, 0.717) is 6.61 Å². The predicted molar refractivity (Wildman–Crippen MR) is 97.8 cm³/mol. The maximum Gasteiger partial charge on any atom is 0.161 e. The molecular formula is C20H22N2O3. The van der Waals surface area contributed by atoms with Crippen molar-refractivity contribution in [2.24, 2.45) is 0 Å². The summed E-state index contributed by atoms with van der Waals surface area (Å²) in [5.41, 5.74) is 2.42. The van der Waals surface area contributed by atoms with Gasteiger partial charge in [-0.3, -0.25) is 0 Å². The summed E-state index contributed by atoms with van der Waals surface area (Å²) in [5, 5.41) is 4.68. The number of benzene rings is 2. The number of H-pyrrole nitrogens is 1. The molecule has 0 saturated heterocycles. The summed E-state index contributed by atoms with van der Waals surface area (Å²) in [6, 6.07) is 13.9. The van der Waals surface area contributed by atoms with Gasteiger partial charge in [-0.25, -0.2) is 0 Å². The molecule has 0 amide bonds. The van der Waals surface area contributed by atoms with Crippen LogP contribution in [0.25, 0.3) is 10.9 Å². The van der Waals surface area contributed by atoms with Gasteiger partial charge in [-0.1, -0.05) is 12.1 Å². The van der Waals surface area contributed by atoms with Crippen LogP contribution in [0.5, 0.6) is 17.2 Å². The maximum atomic E-state index is 5.96. The van der Waals surface area contributed by atoms with Gasteiger partial charge in [0, 0.05) is 23.6 Å². The second-order valence-electron chi connectivity index (χ2n) is 6.18. The number of ether oxygens (including phenoxy) is 3. The minimum Gasteiger partial charge on any atom is -0.497 e. The van der Waals surface area contributed by atoms with Gasteiger partial charge in [-0.15, -0.1) is 0 Å². The van der Waals surface area contributed by atoms with E-state index in [0.717, 1.165) is 42.3 Å². The molecule has 0 saturated carbocycles. The average molecular weight is 338 g/mol. The molecule has 0 radical (unpaired) electrons. The molecular weight excluding hydrogens is 316 g/mol. The van der Waals surface area contributed by atoms with Crippen LogP contribution in [-0.4, -0.2) is 37.9 Å². The third kappa shape index (κ3) is 3.42. The first-order valence-electron chi connectivity index (χ1n) is 8.56. The molecule has 130 valence electrons. The predicted octanol–water partition coefficient (Wildman–Crippen LogP) is 3.15. The first-order chi connectivity index (χ1) is 12.3. The fraction of sp³-hybridized carbons (Fsp3) is 0.300. The number of rotatable bonds is 6. The highest BCUT2D eigenvalue weighted by Gasteiger charge is 2.19. The van der Waals surface area contributed by atoms with Crippen LogP contribution >= 0.6 is 0 Å². The van der Waals surface area contributed by atoms with Crippen molar-refractivity contribution in [3.05, 3.63) is 54.2 Å². The highest BCUT2D eigenvalue weighted by Crippen LogP contribution is 2.30. The Balaban J connectivity index is 1.30. The molecule has 2 aromatic carbocycles. The molecule has 0 fully saturated rings. The Morgan fingerprint density at radius 3 is 2.96 bits per heavy atom. The first-order valence-corrected chi connectivity index (χ1v) is 8.56. The van der Waals surface area contributed by atoms with Crippen molar-refractivity contribution in [3.8, 4) is 17.2 Å². The summed E-state index contributed by atoms with van der Waals surface area (Å²) in [7, 11) is 1.69.